The summed E-state index contributed by atoms with van der Waals surface area (Å²) in [7, 11) is 0. The normalized spacial score (nSPS) is 24.8. The minimum absolute atomic E-state index is 0.147. The van der Waals surface area contributed by atoms with Crippen LogP contribution in [0.2, 0.25) is 0 Å². The number of fused-ring (bicyclic) bond motifs is 1. The van der Waals surface area contributed by atoms with Crippen LogP contribution in [0.5, 0.6) is 0 Å². The summed E-state index contributed by atoms with van der Waals surface area (Å²) in [6.45, 7) is 7.25. The third-order valence-corrected chi connectivity index (χ3v) is 5.00. The van der Waals surface area contributed by atoms with Gasteiger partial charge in [-0.05, 0) is 50.8 Å². The fraction of sp³-hybridized carbons (Fsp3) is 0.600. The van der Waals surface area contributed by atoms with Crippen LogP contribution < -0.4 is 0 Å². The van der Waals surface area contributed by atoms with Crippen molar-refractivity contribution in [3.05, 3.63) is 29.1 Å². The van der Waals surface area contributed by atoms with Crippen LogP contribution in [-0.2, 0) is 17.6 Å². The van der Waals surface area contributed by atoms with Gasteiger partial charge >= 0.3 is 6.09 Å². The van der Waals surface area contributed by atoms with Crippen LogP contribution in [-0.4, -0.2) is 57.0 Å². The molecule has 1 aromatic rings. The van der Waals surface area contributed by atoms with Crippen molar-refractivity contribution in [2.75, 3.05) is 6.54 Å². The van der Waals surface area contributed by atoms with E-state index in [1.807, 2.05) is 0 Å². The zero-order valence-electron chi connectivity index (χ0n) is 16.2. The van der Waals surface area contributed by atoms with E-state index in [9.17, 15) is 19.1 Å². The third-order valence-electron chi connectivity index (χ3n) is 5.00. The Labute approximate surface area is 158 Å². The van der Waals surface area contributed by atoms with Gasteiger partial charge in [0, 0.05) is 31.8 Å². The molecule has 0 saturated carbocycles. The highest BCUT2D eigenvalue weighted by Crippen LogP contribution is 2.31. The number of carbonyl (C=O) groups excluding carboxylic acids is 2. The second-order valence-corrected chi connectivity index (χ2v) is 8.28. The van der Waals surface area contributed by atoms with E-state index in [2.05, 4.69) is 0 Å². The minimum atomic E-state index is -1.12. The van der Waals surface area contributed by atoms with Crippen LogP contribution in [0.4, 0.5) is 9.18 Å². The Bertz CT molecular complexity index is 778. The molecule has 6 nitrogen and oxygen atoms in total. The Hall–Kier alpha value is -2.15. The molecule has 3 atom stereocenters. The van der Waals surface area contributed by atoms with Crippen molar-refractivity contribution in [2.24, 2.45) is 0 Å². The second kappa shape index (κ2) is 7.11. The number of halogens is 1. The van der Waals surface area contributed by atoms with Gasteiger partial charge in [0.05, 0.1) is 12.1 Å². The van der Waals surface area contributed by atoms with Crippen molar-refractivity contribution in [3.63, 3.8) is 0 Å². The number of carbonyl (C=O) groups is 2. The summed E-state index contributed by atoms with van der Waals surface area (Å²) in [5, 5.41) is 10.4. The Kier molecular flexibility index (Phi) is 5.16. The van der Waals surface area contributed by atoms with Gasteiger partial charge in [-0.3, -0.25) is 9.36 Å². The first-order chi connectivity index (χ1) is 12.6. The predicted molar refractivity (Wildman–Crippen MR) is 99.4 cm³/mol. The molecule has 1 fully saturated rings. The van der Waals surface area contributed by atoms with Crippen LogP contribution in [0.25, 0.3) is 6.08 Å². The molecule has 2 heterocycles. The SMILES string of the molecule is CC(=O)n1cc(C[C@@H]2[C@@H](O)CCN2C(=O)OC(C)(C)C)c2c1CC(F)C=C2. The van der Waals surface area contributed by atoms with Crippen molar-refractivity contribution < 1.29 is 23.8 Å². The Balaban J connectivity index is 1.88. The molecule has 2 aliphatic rings. The average Bonchev–Trinajstić information content (AvgIpc) is 3.07. The van der Waals surface area contributed by atoms with Gasteiger partial charge in [0.15, 0.2) is 0 Å². The number of hydrogen-bond donors (Lipinski definition) is 1. The summed E-state index contributed by atoms with van der Waals surface area (Å²) >= 11 is 0. The molecular weight excluding hydrogens is 351 g/mol. The molecule has 1 amide bonds. The Morgan fingerprint density at radius 3 is 2.70 bits per heavy atom. The van der Waals surface area contributed by atoms with Crippen molar-refractivity contribution in [1.29, 1.82) is 0 Å². The number of allylic oxidation sites excluding steroid dienone is 1. The van der Waals surface area contributed by atoms with E-state index >= 15 is 0 Å². The van der Waals surface area contributed by atoms with E-state index in [0.29, 0.717) is 25.1 Å². The number of nitrogens with zero attached hydrogens (tertiary/aromatic N) is 2. The molecule has 148 valence electrons. The first kappa shape index (κ1) is 19.6. The molecule has 1 N–H and O–H groups in total. The molecule has 0 radical (unpaired) electrons. The van der Waals surface area contributed by atoms with Gasteiger partial charge in [-0.2, -0.15) is 0 Å². The number of ether oxygens (including phenoxy) is 1. The van der Waals surface area contributed by atoms with Gasteiger partial charge in [-0.1, -0.05) is 6.08 Å². The summed E-state index contributed by atoms with van der Waals surface area (Å²) in [4.78, 5) is 26.0. The van der Waals surface area contributed by atoms with Crippen molar-refractivity contribution >= 4 is 18.1 Å². The largest absolute Gasteiger partial charge is 0.444 e. The number of likely N-dealkylation sites (tertiary alicyclic amines) is 1. The number of aliphatic hydroxyl groups excluding tert-OH is 1. The molecule has 1 aliphatic carbocycles. The zero-order valence-corrected chi connectivity index (χ0v) is 16.2. The maximum Gasteiger partial charge on any atom is 0.410 e. The van der Waals surface area contributed by atoms with E-state index in [1.54, 1.807) is 37.9 Å². The quantitative estimate of drug-likeness (QED) is 0.859. The van der Waals surface area contributed by atoms with Crippen molar-refractivity contribution in [2.45, 2.75) is 70.9 Å². The van der Waals surface area contributed by atoms with E-state index in [1.165, 1.54) is 17.6 Å². The highest BCUT2D eigenvalue weighted by molar-refractivity contribution is 5.80. The van der Waals surface area contributed by atoms with Gasteiger partial charge in [-0.25, -0.2) is 9.18 Å². The van der Waals surface area contributed by atoms with Crippen molar-refractivity contribution in [1.82, 2.24) is 9.47 Å². The lowest BCUT2D eigenvalue weighted by Gasteiger charge is -2.29. The number of alkyl halides is 1. The van der Waals surface area contributed by atoms with Gasteiger partial charge in [-0.15, -0.1) is 0 Å². The van der Waals surface area contributed by atoms with E-state index in [0.717, 1.165) is 11.1 Å². The lowest BCUT2D eigenvalue weighted by atomic mass is 9.95. The number of amides is 1. The first-order valence-electron chi connectivity index (χ1n) is 9.31. The molecular formula is C20H27FN2O4. The molecule has 1 aliphatic heterocycles. The van der Waals surface area contributed by atoms with Crippen LogP contribution in [0.1, 0.15) is 55.7 Å². The monoisotopic (exact) mass is 378 g/mol. The maximum atomic E-state index is 13.8. The minimum Gasteiger partial charge on any atom is -0.444 e. The standard InChI is InChI=1S/C20H27FN2O4/c1-12(24)23-11-13(15-6-5-14(21)10-16(15)23)9-17-18(25)7-8-22(17)19(26)27-20(2,3)4/h5-6,11,14,17-18,25H,7-10H2,1-4H3/t14?,17-,18+/m1/s1. The second-order valence-electron chi connectivity index (χ2n) is 8.28. The smallest absolute Gasteiger partial charge is 0.410 e. The molecule has 1 aromatic heterocycles. The molecule has 0 bridgehead atoms. The number of hydrogen-bond acceptors (Lipinski definition) is 4. The van der Waals surface area contributed by atoms with Gasteiger partial charge in [0.1, 0.15) is 11.8 Å². The van der Waals surface area contributed by atoms with Crippen LogP contribution in [0.3, 0.4) is 0 Å². The summed E-state index contributed by atoms with van der Waals surface area (Å²) in [6, 6.07) is -0.441. The predicted octanol–water partition coefficient (Wildman–Crippen LogP) is 2.97. The van der Waals surface area contributed by atoms with E-state index in [4.69, 9.17) is 4.74 Å². The number of rotatable bonds is 2. The van der Waals surface area contributed by atoms with Gasteiger partial charge in [0.2, 0.25) is 5.91 Å². The van der Waals surface area contributed by atoms with Crippen LogP contribution in [0, 0.1) is 0 Å². The van der Waals surface area contributed by atoms with Gasteiger partial charge < -0.3 is 14.7 Å². The fourth-order valence-electron chi connectivity index (χ4n) is 3.78. The summed E-state index contributed by atoms with van der Waals surface area (Å²) < 4.78 is 20.7. The van der Waals surface area contributed by atoms with Gasteiger partial charge in [0.25, 0.3) is 0 Å². The molecule has 3 rings (SSSR count). The zero-order chi connectivity index (χ0) is 19.9. The Morgan fingerprint density at radius 1 is 1.37 bits per heavy atom. The first-order valence-corrected chi connectivity index (χ1v) is 9.31. The lowest BCUT2D eigenvalue weighted by Crippen LogP contribution is -2.43. The topological polar surface area (TPSA) is 71.8 Å². The Morgan fingerprint density at radius 2 is 2.07 bits per heavy atom. The molecule has 27 heavy (non-hydrogen) atoms. The van der Waals surface area contributed by atoms with Crippen LogP contribution in [0.15, 0.2) is 12.3 Å². The summed E-state index contributed by atoms with van der Waals surface area (Å²) in [5.74, 6) is -0.184. The fourth-order valence-corrected chi connectivity index (χ4v) is 3.78. The maximum absolute atomic E-state index is 13.8. The van der Waals surface area contributed by atoms with E-state index < -0.39 is 30.0 Å². The average molecular weight is 378 g/mol. The molecule has 1 saturated heterocycles. The number of aromatic nitrogens is 1. The highest BCUT2D eigenvalue weighted by atomic mass is 19.1. The van der Waals surface area contributed by atoms with Crippen molar-refractivity contribution in [3.8, 4) is 0 Å². The lowest BCUT2D eigenvalue weighted by molar-refractivity contribution is 0.0156. The highest BCUT2D eigenvalue weighted by Gasteiger charge is 2.39. The summed E-state index contributed by atoms with van der Waals surface area (Å²) in [6.07, 6.45) is 3.63. The molecule has 1 unspecified atom stereocenters. The molecule has 0 aromatic carbocycles. The molecule has 7 heteroatoms. The molecule has 0 spiro atoms. The summed E-state index contributed by atoms with van der Waals surface area (Å²) in [5.41, 5.74) is 1.65. The third kappa shape index (κ3) is 4.08. The van der Waals surface area contributed by atoms with E-state index in [-0.39, 0.29) is 12.3 Å². The number of aliphatic hydroxyl groups is 1. The van der Waals surface area contributed by atoms with Crippen LogP contribution >= 0.6 is 0 Å².